The van der Waals surface area contributed by atoms with Crippen molar-refractivity contribution in [3.8, 4) is 0 Å². The van der Waals surface area contributed by atoms with E-state index in [1.807, 2.05) is 0 Å². The molecule has 0 heterocycles. The molecule has 8 atom stereocenters. The Bertz CT molecular complexity index is 672. The Kier molecular flexibility index (Phi) is 4.16. The Labute approximate surface area is 161 Å². The number of carbonyl (C=O) groups is 2. The number of fused-ring (bicyclic) bond motifs is 3. The van der Waals surface area contributed by atoms with Crippen LogP contribution in [0.4, 0.5) is 0 Å². The molecule has 0 aliphatic heterocycles. The average Bonchev–Trinajstić information content (AvgIpc) is 2.75. The van der Waals surface area contributed by atoms with Crippen LogP contribution in [0.3, 0.4) is 0 Å². The van der Waals surface area contributed by atoms with Crippen molar-refractivity contribution in [1.29, 1.82) is 0 Å². The maximum absolute atomic E-state index is 13.4. The van der Waals surface area contributed by atoms with Gasteiger partial charge in [-0.05, 0) is 75.0 Å². The SMILES string of the molecule is CC(=O)OC[C@@]1(C)[C@H]2CC[C@@]34C[C@@H](CC[C@H]3[C@]2(C)CC[C@H]1O)[C@](C)(O)C4=O. The van der Waals surface area contributed by atoms with Crippen LogP contribution in [-0.2, 0) is 14.3 Å². The molecule has 5 nitrogen and oxygen atoms in total. The van der Waals surface area contributed by atoms with E-state index in [4.69, 9.17) is 4.74 Å². The number of hydrogen-bond acceptors (Lipinski definition) is 5. The number of aliphatic hydroxyl groups is 2. The van der Waals surface area contributed by atoms with Gasteiger partial charge in [0.1, 0.15) is 5.60 Å². The van der Waals surface area contributed by atoms with Crippen LogP contribution in [0.2, 0.25) is 0 Å². The number of esters is 1. The first-order chi connectivity index (χ1) is 12.5. The van der Waals surface area contributed by atoms with E-state index in [1.54, 1.807) is 6.92 Å². The standard InChI is InChI=1S/C22H34O5/c1-13(23)27-12-20(3)15-7-10-22-11-14(21(4,26)18(22)25)5-6-16(22)19(15,2)9-8-17(20)24/h14-17,24,26H,5-12H2,1-4H3/t14-,15+,16+,17-,19-,20+,21+,22-/m1/s1. The van der Waals surface area contributed by atoms with Crippen LogP contribution in [-0.4, -0.2) is 40.3 Å². The van der Waals surface area contributed by atoms with Gasteiger partial charge in [-0.1, -0.05) is 13.8 Å². The fourth-order valence-corrected chi connectivity index (χ4v) is 7.97. The Morgan fingerprint density at radius 1 is 1.11 bits per heavy atom. The van der Waals surface area contributed by atoms with E-state index in [1.165, 1.54) is 6.92 Å². The van der Waals surface area contributed by atoms with E-state index >= 15 is 0 Å². The maximum Gasteiger partial charge on any atom is 0.302 e. The normalized spacial score (nSPS) is 54.2. The van der Waals surface area contributed by atoms with Gasteiger partial charge < -0.3 is 14.9 Å². The molecule has 0 aromatic heterocycles. The van der Waals surface area contributed by atoms with E-state index in [9.17, 15) is 19.8 Å². The highest BCUT2D eigenvalue weighted by Gasteiger charge is 2.71. The topological polar surface area (TPSA) is 83.8 Å². The van der Waals surface area contributed by atoms with Crippen LogP contribution < -0.4 is 0 Å². The van der Waals surface area contributed by atoms with Crippen molar-refractivity contribution in [3.05, 3.63) is 0 Å². The van der Waals surface area contributed by atoms with Crippen LogP contribution >= 0.6 is 0 Å². The quantitative estimate of drug-likeness (QED) is 0.722. The first kappa shape index (κ1) is 19.4. The lowest BCUT2D eigenvalue weighted by Gasteiger charge is -2.64. The summed E-state index contributed by atoms with van der Waals surface area (Å²) in [6, 6.07) is 0. The van der Waals surface area contributed by atoms with Crippen molar-refractivity contribution in [2.45, 2.75) is 84.3 Å². The molecule has 0 amide bonds. The summed E-state index contributed by atoms with van der Waals surface area (Å²) in [5.74, 6) is 0.285. The molecule has 5 heteroatoms. The van der Waals surface area contributed by atoms with E-state index in [-0.39, 0.29) is 41.5 Å². The van der Waals surface area contributed by atoms with Gasteiger partial charge in [-0.3, -0.25) is 9.59 Å². The highest BCUT2D eigenvalue weighted by molar-refractivity contribution is 5.95. The summed E-state index contributed by atoms with van der Waals surface area (Å²) >= 11 is 0. The molecule has 152 valence electrons. The zero-order chi connectivity index (χ0) is 19.8. The van der Waals surface area contributed by atoms with Gasteiger partial charge in [0.05, 0.1) is 12.7 Å². The third-order valence-corrected chi connectivity index (χ3v) is 9.36. The lowest BCUT2D eigenvalue weighted by atomic mass is 9.40. The molecule has 0 aromatic carbocycles. The lowest BCUT2D eigenvalue weighted by molar-refractivity contribution is -0.203. The number of ether oxygens (including phenoxy) is 1. The summed E-state index contributed by atoms with van der Waals surface area (Å²) in [6.07, 6.45) is 5.38. The Morgan fingerprint density at radius 2 is 1.81 bits per heavy atom. The molecule has 1 spiro atoms. The minimum atomic E-state index is -1.19. The van der Waals surface area contributed by atoms with Gasteiger partial charge in [-0.25, -0.2) is 0 Å². The van der Waals surface area contributed by atoms with Crippen molar-refractivity contribution in [2.75, 3.05) is 6.61 Å². The molecule has 4 aliphatic carbocycles. The molecular weight excluding hydrogens is 344 g/mol. The summed E-state index contributed by atoms with van der Waals surface area (Å²) in [6.45, 7) is 7.72. The highest BCUT2D eigenvalue weighted by atomic mass is 16.5. The van der Waals surface area contributed by atoms with E-state index in [0.717, 1.165) is 38.5 Å². The molecule has 0 unspecified atom stereocenters. The molecule has 2 bridgehead atoms. The second-order valence-electron chi connectivity index (χ2n) is 10.6. The van der Waals surface area contributed by atoms with Gasteiger partial charge in [0, 0.05) is 17.8 Å². The molecule has 2 N–H and O–H groups in total. The maximum atomic E-state index is 13.4. The van der Waals surface area contributed by atoms with Crippen molar-refractivity contribution < 1.29 is 24.5 Å². The van der Waals surface area contributed by atoms with Crippen LogP contribution in [0, 0.1) is 34.0 Å². The number of hydrogen-bond donors (Lipinski definition) is 2. The first-order valence-electron chi connectivity index (χ1n) is 10.6. The molecule has 4 aliphatic rings. The first-order valence-corrected chi connectivity index (χ1v) is 10.6. The predicted molar refractivity (Wildman–Crippen MR) is 99.7 cm³/mol. The van der Waals surface area contributed by atoms with Crippen LogP contribution in [0.1, 0.15) is 72.6 Å². The second-order valence-corrected chi connectivity index (χ2v) is 10.6. The molecule has 4 saturated carbocycles. The van der Waals surface area contributed by atoms with Crippen molar-refractivity contribution >= 4 is 11.8 Å². The van der Waals surface area contributed by atoms with Gasteiger partial charge >= 0.3 is 5.97 Å². The largest absolute Gasteiger partial charge is 0.465 e. The van der Waals surface area contributed by atoms with Crippen LogP contribution in [0.5, 0.6) is 0 Å². The second kappa shape index (κ2) is 5.79. The molecule has 4 rings (SSSR count). The molecule has 27 heavy (non-hydrogen) atoms. The number of aliphatic hydroxyl groups excluding tert-OH is 1. The zero-order valence-electron chi connectivity index (χ0n) is 17.1. The molecule has 0 radical (unpaired) electrons. The minimum Gasteiger partial charge on any atom is -0.465 e. The highest BCUT2D eigenvalue weighted by Crippen LogP contribution is 2.71. The molecule has 4 fully saturated rings. The van der Waals surface area contributed by atoms with Gasteiger partial charge in [-0.2, -0.15) is 0 Å². The summed E-state index contributed by atoms with van der Waals surface area (Å²) in [4.78, 5) is 24.8. The smallest absolute Gasteiger partial charge is 0.302 e. The van der Waals surface area contributed by atoms with Crippen molar-refractivity contribution in [1.82, 2.24) is 0 Å². The van der Waals surface area contributed by atoms with E-state index < -0.39 is 22.5 Å². The number of rotatable bonds is 2. The van der Waals surface area contributed by atoms with Crippen LogP contribution in [0.15, 0.2) is 0 Å². The Hall–Kier alpha value is -0.940. The summed E-state index contributed by atoms with van der Waals surface area (Å²) < 4.78 is 5.39. The Morgan fingerprint density at radius 3 is 2.48 bits per heavy atom. The van der Waals surface area contributed by atoms with E-state index in [0.29, 0.717) is 6.42 Å². The van der Waals surface area contributed by atoms with Gasteiger partial charge in [0.2, 0.25) is 0 Å². The van der Waals surface area contributed by atoms with Crippen LogP contribution in [0.25, 0.3) is 0 Å². The fourth-order valence-electron chi connectivity index (χ4n) is 7.97. The van der Waals surface area contributed by atoms with Gasteiger partial charge in [0.25, 0.3) is 0 Å². The van der Waals surface area contributed by atoms with Crippen molar-refractivity contribution in [2.24, 2.45) is 34.0 Å². The van der Waals surface area contributed by atoms with Gasteiger partial charge in [-0.15, -0.1) is 0 Å². The summed E-state index contributed by atoms with van der Waals surface area (Å²) in [5.41, 5.74) is -2.15. The zero-order valence-corrected chi connectivity index (χ0v) is 17.1. The van der Waals surface area contributed by atoms with Crippen molar-refractivity contribution in [3.63, 3.8) is 0 Å². The molecule has 0 saturated heterocycles. The average molecular weight is 379 g/mol. The number of ketones is 1. The van der Waals surface area contributed by atoms with Gasteiger partial charge in [0.15, 0.2) is 5.78 Å². The number of Topliss-reactive ketones (excluding diaryl/α,β-unsaturated/α-hetero) is 1. The lowest BCUT2D eigenvalue weighted by Crippen LogP contribution is -2.62. The Balaban J connectivity index is 1.72. The predicted octanol–water partition coefficient (Wildman–Crippen LogP) is 2.86. The minimum absolute atomic E-state index is 0.0648. The summed E-state index contributed by atoms with van der Waals surface area (Å²) in [7, 11) is 0. The monoisotopic (exact) mass is 378 g/mol. The molecular formula is C22H34O5. The number of carbonyl (C=O) groups excluding carboxylic acids is 2. The van der Waals surface area contributed by atoms with E-state index in [2.05, 4.69) is 13.8 Å². The molecule has 0 aromatic rings. The summed E-state index contributed by atoms with van der Waals surface area (Å²) in [5, 5.41) is 21.7. The fraction of sp³-hybridized carbons (Fsp3) is 0.909. The third kappa shape index (κ3) is 2.37. The third-order valence-electron chi connectivity index (χ3n) is 9.36.